The van der Waals surface area contributed by atoms with Crippen molar-refractivity contribution in [3.8, 4) is 0 Å². The van der Waals surface area contributed by atoms with Crippen molar-refractivity contribution < 1.29 is 27.7 Å². The molecule has 10 nitrogen and oxygen atoms in total. The van der Waals surface area contributed by atoms with Crippen LogP contribution >= 0.6 is 0 Å². The molecule has 2 aliphatic heterocycles. The summed E-state index contributed by atoms with van der Waals surface area (Å²) in [7, 11) is -3.34. The predicted octanol–water partition coefficient (Wildman–Crippen LogP) is 1.94. The molecule has 3 N–H and O–H groups in total. The number of anilines is 1. The topological polar surface area (TPSA) is 128 Å². The van der Waals surface area contributed by atoms with Gasteiger partial charge in [-0.1, -0.05) is 18.2 Å². The average molecular weight is 453 g/mol. The highest BCUT2D eigenvalue weighted by Gasteiger charge is 2.56. The standard InChI is InChI=1S/C20H29N5O5S/c1-15-23-25(20(27)28,14-10-16-7-11-21-12-8-16)19(26)24(15)18-6-4-3-5-17(18)9-13-22-31(2,29)30/h3-6,16,21-22H,7-14H2,1-2H3/p+1. The molecule has 1 fully saturated rings. The second kappa shape index (κ2) is 9.43. The number of hydrogen-bond acceptors (Lipinski definition) is 6. The maximum absolute atomic E-state index is 13.4. The van der Waals surface area contributed by atoms with E-state index in [2.05, 4.69) is 15.1 Å². The molecule has 0 saturated carbocycles. The monoisotopic (exact) mass is 452 g/mol. The number of rotatable bonds is 8. The van der Waals surface area contributed by atoms with E-state index in [0.29, 0.717) is 30.3 Å². The quantitative estimate of drug-likeness (QED) is 0.517. The Bertz CT molecular complexity index is 974. The Labute approximate surface area is 182 Å². The fraction of sp³-hybridized carbons (Fsp3) is 0.550. The molecule has 1 aromatic carbocycles. The number of nitrogens with one attached hydrogen (secondary N) is 2. The molecule has 1 aromatic rings. The van der Waals surface area contributed by atoms with Crippen LogP contribution in [0.2, 0.25) is 0 Å². The third kappa shape index (κ3) is 5.29. The van der Waals surface area contributed by atoms with Gasteiger partial charge in [-0.15, -0.1) is 0 Å². The molecule has 0 radical (unpaired) electrons. The van der Waals surface area contributed by atoms with E-state index in [9.17, 15) is 23.1 Å². The average Bonchev–Trinajstić information content (AvgIpc) is 2.97. The normalized spacial score (nSPS) is 22.6. The number of carbonyl (C=O) groups excluding carboxylic acids is 1. The van der Waals surface area contributed by atoms with Gasteiger partial charge in [0.05, 0.1) is 11.9 Å². The number of imide groups is 1. The zero-order valence-electron chi connectivity index (χ0n) is 17.9. The molecule has 31 heavy (non-hydrogen) atoms. The molecule has 1 saturated heterocycles. The van der Waals surface area contributed by atoms with Crippen molar-refractivity contribution >= 4 is 33.7 Å². The number of carbonyl (C=O) groups is 2. The van der Waals surface area contributed by atoms with Crippen LogP contribution in [-0.2, 0) is 16.4 Å². The van der Waals surface area contributed by atoms with Crippen molar-refractivity contribution in [1.29, 1.82) is 0 Å². The third-order valence-corrected chi connectivity index (χ3v) is 6.50. The van der Waals surface area contributed by atoms with Crippen LogP contribution in [-0.4, -0.2) is 68.5 Å². The molecule has 11 heteroatoms. The zero-order valence-corrected chi connectivity index (χ0v) is 18.7. The van der Waals surface area contributed by atoms with Gasteiger partial charge in [0, 0.05) is 19.9 Å². The van der Waals surface area contributed by atoms with Crippen molar-refractivity contribution in [3.63, 3.8) is 0 Å². The van der Waals surface area contributed by atoms with Gasteiger partial charge in [0.1, 0.15) is 6.54 Å². The number of benzene rings is 1. The summed E-state index contributed by atoms with van der Waals surface area (Å²) in [6, 6.07) is 6.45. The van der Waals surface area contributed by atoms with Crippen LogP contribution in [0, 0.1) is 5.92 Å². The Morgan fingerprint density at radius 3 is 2.65 bits per heavy atom. The Morgan fingerprint density at radius 1 is 1.32 bits per heavy atom. The molecule has 0 aromatic heterocycles. The minimum absolute atomic E-state index is 0.102. The molecule has 0 spiro atoms. The summed E-state index contributed by atoms with van der Waals surface area (Å²) in [4.78, 5) is 27.0. The second-order valence-electron chi connectivity index (χ2n) is 8.07. The molecule has 0 bridgehead atoms. The molecule has 2 heterocycles. The largest absolute Gasteiger partial charge is 0.550 e. The van der Waals surface area contributed by atoms with Crippen LogP contribution in [0.5, 0.6) is 0 Å². The smallest absolute Gasteiger partial charge is 0.433 e. The van der Waals surface area contributed by atoms with Crippen LogP contribution in [0.4, 0.5) is 15.3 Å². The maximum atomic E-state index is 13.4. The molecule has 0 aliphatic carbocycles. The van der Waals surface area contributed by atoms with E-state index in [0.717, 1.165) is 37.8 Å². The van der Waals surface area contributed by atoms with Gasteiger partial charge in [-0.3, -0.25) is 0 Å². The summed E-state index contributed by atoms with van der Waals surface area (Å²) in [5.74, 6) is 0.670. The van der Waals surface area contributed by atoms with Gasteiger partial charge < -0.3 is 10.4 Å². The number of quaternary nitrogens is 1. The highest BCUT2D eigenvalue weighted by Crippen LogP contribution is 2.32. The van der Waals surface area contributed by atoms with E-state index in [4.69, 9.17) is 0 Å². The van der Waals surface area contributed by atoms with E-state index in [1.54, 1.807) is 31.2 Å². The van der Waals surface area contributed by atoms with E-state index in [1.807, 2.05) is 0 Å². The van der Waals surface area contributed by atoms with Crippen molar-refractivity contribution in [1.82, 2.24) is 10.0 Å². The van der Waals surface area contributed by atoms with Gasteiger partial charge in [0.25, 0.3) is 0 Å². The van der Waals surface area contributed by atoms with E-state index < -0.39 is 26.7 Å². The molecule has 2 aliphatic rings. The number of amides is 3. The number of urea groups is 1. The first kappa shape index (κ1) is 23.3. The molecule has 170 valence electrons. The molecular weight excluding hydrogens is 422 g/mol. The fourth-order valence-electron chi connectivity index (χ4n) is 4.13. The summed E-state index contributed by atoms with van der Waals surface area (Å²) < 4.78 is 24.2. The van der Waals surface area contributed by atoms with Crippen molar-refractivity contribution in [2.75, 3.05) is 37.3 Å². The lowest BCUT2D eigenvalue weighted by molar-refractivity contribution is -0.778. The number of amidine groups is 1. The van der Waals surface area contributed by atoms with Crippen molar-refractivity contribution in [3.05, 3.63) is 29.8 Å². The molecule has 3 rings (SSSR count). The maximum Gasteiger partial charge on any atom is 0.550 e. The third-order valence-electron chi connectivity index (χ3n) is 5.77. The van der Waals surface area contributed by atoms with E-state index >= 15 is 0 Å². The van der Waals surface area contributed by atoms with Crippen LogP contribution in [0.1, 0.15) is 31.7 Å². The van der Waals surface area contributed by atoms with Gasteiger partial charge in [-0.25, -0.2) is 22.8 Å². The minimum atomic E-state index is -3.34. The van der Waals surface area contributed by atoms with Gasteiger partial charge in [-0.05, 0) is 59.6 Å². The summed E-state index contributed by atoms with van der Waals surface area (Å²) in [6.45, 7) is 3.69. The van der Waals surface area contributed by atoms with Gasteiger partial charge in [-0.2, -0.15) is 4.79 Å². The lowest BCUT2D eigenvalue weighted by Crippen LogP contribution is -2.54. The Kier molecular flexibility index (Phi) is 7.10. The zero-order chi connectivity index (χ0) is 22.6. The van der Waals surface area contributed by atoms with E-state index in [-0.39, 0.29) is 13.1 Å². The predicted molar refractivity (Wildman–Crippen MR) is 117 cm³/mol. The molecule has 1 atom stereocenters. The lowest BCUT2D eigenvalue weighted by atomic mass is 9.94. The van der Waals surface area contributed by atoms with Crippen LogP contribution in [0.3, 0.4) is 0 Å². The highest BCUT2D eigenvalue weighted by molar-refractivity contribution is 7.88. The van der Waals surface area contributed by atoms with Crippen molar-refractivity contribution in [2.24, 2.45) is 11.0 Å². The number of nitrogens with zero attached hydrogens (tertiary/aromatic N) is 3. The Morgan fingerprint density at radius 2 is 2.00 bits per heavy atom. The molecule has 1 unspecified atom stereocenters. The first-order valence-corrected chi connectivity index (χ1v) is 12.3. The Hall–Kier alpha value is -2.34. The Balaban J connectivity index is 1.82. The van der Waals surface area contributed by atoms with Gasteiger partial charge in [0.15, 0.2) is 5.84 Å². The van der Waals surface area contributed by atoms with Crippen molar-refractivity contribution in [2.45, 2.75) is 32.6 Å². The highest BCUT2D eigenvalue weighted by atomic mass is 32.2. The van der Waals surface area contributed by atoms with Gasteiger partial charge >= 0.3 is 12.1 Å². The summed E-state index contributed by atoms with van der Waals surface area (Å²) in [6.07, 6.45) is 2.65. The number of hydrogen-bond donors (Lipinski definition) is 3. The summed E-state index contributed by atoms with van der Waals surface area (Å²) >= 11 is 0. The van der Waals surface area contributed by atoms with Crippen LogP contribution in [0.15, 0.2) is 29.4 Å². The lowest BCUT2D eigenvalue weighted by Gasteiger charge is -2.26. The van der Waals surface area contributed by atoms with Crippen LogP contribution < -0.4 is 14.9 Å². The SMILES string of the molecule is CC1=N[N+](CCC2CCNCC2)(C(=O)O)C(=O)N1c1ccccc1CCNS(C)(=O)=O. The number of carboxylic acid groups (broad SMARTS) is 1. The first-order valence-electron chi connectivity index (χ1n) is 10.4. The summed E-state index contributed by atoms with van der Waals surface area (Å²) in [5.41, 5.74) is 1.25. The minimum Gasteiger partial charge on any atom is -0.433 e. The van der Waals surface area contributed by atoms with Crippen LogP contribution in [0.25, 0.3) is 0 Å². The van der Waals surface area contributed by atoms with Gasteiger partial charge in [0.2, 0.25) is 10.0 Å². The van der Waals surface area contributed by atoms with E-state index in [1.165, 1.54) is 4.90 Å². The fourth-order valence-corrected chi connectivity index (χ4v) is 4.61. The number of para-hydroxylation sites is 1. The molecule has 3 amide bonds. The first-order chi connectivity index (χ1) is 14.6. The molecular formula is C20H30N5O5S+. The summed E-state index contributed by atoms with van der Waals surface area (Å²) in [5, 5.41) is 17.6. The number of piperidine rings is 1. The number of sulfonamides is 1. The second-order valence-corrected chi connectivity index (χ2v) is 9.90.